The van der Waals surface area contributed by atoms with Crippen molar-refractivity contribution in [3.05, 3.63) is 0 Å². The molecule has 2 heterocycles. The Morgan fingerprint density at radius 3 is 2.78 bits per heavy atom. The molecule has 0 radical (unpaired) electrons. The smallest absolute Gasteiger partial charge is 0.315 e. The number of carbonyl (C=O) groups excluding carboxylic acids is 3. The van der Waals surface area contributed by atoms with Gasteiger partial charge in [-0.05, 0) is 32.1 Å². The number of nitrogens with two attached hydrogens (primary N) is 1. The summed E-state index contributed by atoms with van der Waals surface area (Å²) in [6.07, 6.45) is 5.23. The second-order valence-electron chi connectivity index (χ2n) is 8.04. The van der Waals surface area contributed by atoms with Crippen LogP contribution in [0.3, 0.4) is 0 Å². The lowest BCUT2D eigenvalue weighted by Gasteiger charge is -2.16. The number of thioether (sulfide) groups is 1. The zero-order chi connectivity index (χ0) is 23.6. The van der Waals surface area contributed by atoms with E-state index in [0.29, 0.717) is 31.1 Å². The van der Waals surface area contributed by atoms with E-state index in [1.165, 1.54) is 7.11 Å². The Hall–Kier alpha value is -1.15. The van der Waals surface area contributed by atoms with Gasteiger partial charge in [0.1, 0.15) is 8.77 Å². The highest BCUT2D eigenvalue weighted by atomic mass is 32.8. The van der Waals surface area contributed by atoms with Crippen LogP contribution in [0.25, 0.3) is 0 Å². The van der Waals surface area contributed by atoms with Crippen LogP contribution in [0.15, 0.2) is 0 Å². The first kappa shape index (κ1) is 27.1. The Morgan fingerprint density at radius 1 is 1.25 bits per heavy atom. The van der Waals surface area contributed by atoms with Gasteiger partial charge in [-0.15, -0.1) is 0 Å². The van der Waals surface area contributed by atoms with Gasteiger partial charge in [0.25, 0.3) is 0 Å². The molecule has 2 saturated heterocycles. The van der Waals surface area contributed by atoms with E-state index in [1.54, 1.807) is 0 Å². The van der Waals surface area contributed by atoms with Crippen LogP contribution in [0.4, 0.5) is 4.79 Å². The van der Waals surface area contributed by atoms with Gasteiger partial charge in [0.15, 0.2) is 0 Å². The maximum atomic E-state index is 12.0. The number of carbonyl (C=O) groups is 3. The summed E-state index contributed by atoms with van der Waals surface area (Å²) >= 11 is 6.62. The molecule has 2 aliphatic rings. The summed E-state index contributed by atoms with van der Waals surface area (Å²) in [6.45, 7) is 0.712. The Balaban J connectivity index is 1.44. The largest absolute Gasteiger partial charge is 0.356 e. The number of hydrogen-bond donors (Lipinski definition) is 5. The second-order valence-corrected chi connectivity index (χ2v) is 12.7. The standard InChI is InChI=1S/C19H35N5O5S3/c1-29-32(28,30)11-10-22-18(26)13(20)6-4-5-9-21-16(25)8-3-2-7-15-17-14(12-31-15)23-19(27)24-17/h13-15,17H,2-12,20H2,1H3,(H,21,25)(H,22,26)(H2,23,24,27)/t13-,14-,15+,17-,32?/m1/s1. The molecule has 4 amide bonds. The van der Waals surface area contributed by atoms with E-state index < -0.39 is 14.8 Å². The first-order valence-corrected chi connectivity index (χ1v) is 14.6. The zero-order valence-electron chi connectivity index (χ0n) is 18.4. The van der Waals surface area contributed by atoms with Crippen molar-refractivity contribution in [3.8, 4) is 0 Å². The average molecular weight is 510 g/mol. The molecule has 2 rings (SSSR count). The number of fused-ring (bicyclic) bond motifs is 1. The molecule has 184 valence electrons. The third-order valence-electron chi connectivity index (χ3n) is 5.59. The molecule has 0 spiro atoms. The number of rotatable bonds is 15. The van der Waals surface area contributed by atoms with Crippen molar-refractivity contribution in [2.75, 3.05) is 31.7 Å². The lowest BCUT2D eigenvalue weighted by atomic mass is 10.0. The van der Waals surface area contributed by atoms with Crippen molar-refractivity contribution in [2.45, 2.75) is 68.3 Å². The maximum absolute atomic E-state index is 12.0. The molecule has 32 heavy (non-hydrogen) atoms. The van der Waals surface area contributed by atoms with Gasteiger partial charge in [-0.1, -0.05) is 6.42 Å². The zero-order valence-corrected chi connectivity index (χ0v) is 20.9. The molecule has 6 N–H and O–H groups in total. The van der Waals surface area contributed by atoms with Crippen LogP contribution in [-0.2, 0) is 33.7 Å². The topological polar surface area (TPSA) is 152 Å². The minimum Gasteiger partial charge on any atom is -0.356 e. The molecule has 13 heteroatoms. The van der Waals surface area contributed by atoms with E-state index in [9.17, 15) is 18.6 Å². The molecule has 2 aliphatic heterocycles. The van der Waals surface area contributed by atoms with Crippen LogP contribution < -0.4 is 27.0 Å². The van der Waals surface area contributed by atoms with Gasteiger partial charge < -0.3 is 27.0 Å². The third-order valence-corrected chi connectivity index (χ3v) is 9.22. The highest BCUT2D eigenvalue weighted by Gasteiger charge is 2.42. The van der Waals surface area contributed by atoms with Gasteiger partial charge >= 0.3 is 6.03 Å². The van der Waals surface area contributed by atoms with E-state index in [1.807, 2.05) is 11.8 Å². The lowest BCUT2D eigenvalue weighted by molar-refractivity contribution is -0.123. The molecule has 0 aromatic heterocycles. The van der Waals surface area contributed by atoms with Crippen molar-refractivity contribution in [1.82, 2.24) is 21.3 Å². The minimum absolute atomic E-state index is 0.0329. The monoisotopic (exact) mass is 509 g/mol. The van der Waals surface area contributed by atoms with Crippen LogP contribution >= 0.6 is 11.8 Å². The van der Waals surface area contributed by atoms with Gasteiger partial charge in [0.05, 0.1) is 31.0 Å². The molecular weight excluding hydrogens is 474 g/mol. The SMILES string of the molecule is COS(=O)(=S)CCNC(=O)[C@H](N)CCCCNC(=O)CCCC[C@@H]1SC[C@H]2NC(=O)N[C@@H]12. The van der Waals surface area contributed by atoms with Crippen molar-refractivity contribution in [3.63, 3.8) is 0 Å². The molecule has 0 aliphatic carbocycles. The Morgan fingerprint density at radius 2 is 2.03 bits per heavy atom. The molecule has 0 aromatic carbocycles. The van der Waals surface area contributed by atoms with Crippen LogP contribution in [0.5, 0.6) is 0 Å². The Bertz CT molecular complexity index is 752. The predicted octanol–water partition coefficient (Wildman–Crippen LogP) is -0.250. The lowest BCUT2D eigenvalue weighted by Crippen LogP contribution is -2.42. The fraction of sp³-hybridized carbons (Fsp3) is 0.842. The molecule has 2 fully saturated rings. The van der Waals surface area contributed by atoms with E-state index in [-0.39, 0.29) is 42.2 Å². The van der Waals surface area contributed by atoms with E-state index in [2.05, 4.69) is 25.5 Å². The molecule has 10 nitrogen and oxygen atoms in total. The van der Waals surface area contributed by atoms with E-state index in [4.69, 9.17) is 16.9 Å². The second kappa shape index (κ2) is 13.5. The van der Waals surface area contributed by atoms with Gasteiger partial charge in [0.2, 0.25) is 11.8 Å². The highest BCUT2D eigenvalue weighted by Crippen LogP contribution is 2.33. The van der Waals surface area contributed by atoms with Crippen molar-refractivity contribution >= 4 is 49.6 Å². The number of nitrogens with one attached hydrogen (secondary N) is 4. The number of hydrogen-bond acceptors (Lipinski definition) is 8. The minimum atomic E-state index is -2.77. The molecule has 1 unspecified atom stereocenters. The quantitative estimate of drug-likeness (QED) is 0.150. The fourth-order valence-electron chi connectivity index (χ4n) is 3.72. The molecule has 0 aromatic rings. The van der Waals surface area contributed by atoms with Gasteiger partial charge in [-0.3, -0.25) is 13.8 Å². The third kappa shape index (κ3) is 9.38. The summed E-state index contributed by atoms with van der Waals surface area (Å²) in [4.78, 5) is 35.3. The summed E-state index contributed by atoms with van der Waals surface area (Å²) in [5.41, 5.74) is 5.86. The molecule has 5 atom stereocenters. The summed E-state index contributed by atoms with van der Waals surface area (Å²) in [7, 11) is -1.49. The Kier molecular flexibility index (Phi) is 11.5. The van der Waals surface area contributed by atoms with Crippen LogP contribution in [-0.4, -0.2) is 77.1 Å². The van der Waals surface area contributed by atoms with Crippen LogP contribution in [0.2, 0.25) is 0 Å². The van der Waals surface area contributed by atoms with Gasteiger partial charge in [-0.2, -0.15) is 11.8 Å². The molecule has 0 bridgehead atoms. The summed E-state index contributed by atoms with van der Waals surface area (Å²) in [5.74, 6) is 0.738. The van der Waals surface area contributed by atoms with Crippen molar-refractivity contribution in [1.29, 1.82) is 0 Å². The number of amides is 4. The summed E-state index contributed by atoms with van der Waals surface area (Å²) < 4.78 is 16.2. The van der Waals surface area contributed by atoms with Gasteiger partial charge in [0, 0.05) is 41.7 Å². The normalized spacial score (nSPS) is 24.7. The Labute approximate surface area is 199 Å². The highest BCUT2D eigenvalue weighted by molar-refractivity contribution is 8.30. The molecular formula is C19H35N5O5S3. The van der Waals surface area contributed by atoms with Crippen molar-refractivity contribution < 1.29 is 22.8 Å². The molecule has 0 saturated carbocycles. The van der Waals surface area contributed by atoms with Crippen LogP contribution in [0.1, 0.15) is 44.9 Å². The van der Waals surface area contributed by atoms with Gasteiger partial charge in [-0.25, -0.2) is 9.00 Å². The summed E-state index contributed by atoms with van der Waals surface area (Å²) in [5, 5.41) is 11.9. The van der Waals surface area contributed by atoms with E-state index >= 15 is 0 Å². The average Bonchev–Trinajstić information content (AvgIpc) is 3.29. The predicted molar refractivity (Wildman–Crippen MR) is 129 cm³/mol. The number of urea groups is 1. The fourth-order valence-corrected chi connectivity index (χ4v) is 6.04. The summed E-state index contributed by atoms with van der Waals surface area (Å²) in [6, 6.07) is -0.275. The first-order chi connectivity index (χ1) is 15.2. The number of unbranched alkanes of at least 4 members (excludes halogenated alkanes) is 2. The first-order valence-electron chi connectivity index (χ1n) is 11.0. The van der Waals surface area contributed by atoms with E-state index in [0.717, 1.165) is 31.4 Å². The maximum Gasteiger partial charge on any atom is 0.315 e. The van der Waals surface area contributed by atoms with Crippen molar-refractivity contribution in [2.24, 2.45) is 5.73 Å². The van der Waals surface area contributed by atoms with Crippen LogP contribution in [0, 0.1) is 0 Å².